The number of hydrogen-bond acceptors (Lipinski definition) is 3. The fourth-order valence-corrected chi connectivity index (χ4v) is 4.15. The molecule has 2 atom stereocenters. The molecule has 134 valence electrons. The van der Waals surface area contributed by atoms with E-state index in [1.54, 1.807) is 23.2 Å². The molecular formula is C21H23N3O2. The van der Waals surface area contributed by atoms with Crippen molar-refractivity contribution in [3.05, 3.63) is 65.7 Å². The third-order valence-electron chi connectivity index (χ3n) is 5.38. The monoisotopic (exact) mass is 349 g/mol. The number of rotatable bonds is 2. The van der Waals surface area contributed by atoms with Crippen LogP contribution in [0.2, 0.25) is 0 Å². The number of carbonyl (C=O) groups is 2. The van der Waals surface area contributed by atoms with Gasteiger partial charge in [0.2, 0.25) is 0 Å². The average molecular weight is 349 g/mol. The number of nitrogens with one attached hydrogen (secondary N) is 2. The second-order valence-corrected chi connectivity index (χ2v) is 7.35. The molecule has 1 aliphatic carbocycles. The Balaban J connectivity index is 1.71. The van der Waals surface area contributed by atoms with Gasteiger partial charge in [-0.05, 0) is 49.4 Å². The van der Waals surface area contributed by atoms with E-state index in [-0.39, 0.29) is 11.8 Å². The van der Waals surface area contributed by atoms with Crippen LogP contribution >= 0.6 is 0 Å². The molecule has 5 heteroatoms. The van der Waals surface area contributed by atoms with Crippen LogP contribution in [0, 0.1) is 5.92 Å². The van der Waals surface area contributed by atoms with Crippen LogP contribution in [0.5, 0.6) is 0 Å². The number of para-hydroxylation sites is 1. The molecule has 2 N–H and O–H groups in total. The number of hydrogen-bond donors (Lipinski definition) is 2. The molecule has 5 nitrogen and oxygen atoms in total. The van der Waals surface area contributed by atoms with Crippen molar-refractivity contribution in [1.29, 1.82) is 0 Å². The Kier molecular flexibility index (Phi) is 4.15. The van der Waals surface area contributed by atoms with Crippen molar-refractivity contribution < 1.29 is 9.59 Å². The quantitative estimate of drug-likeness (QED) is 0.867. The fraction of sp³-hybridized carbons (Fsp3) is 0.333. The Labute approximate surface area is 153 Å². The predicted molar refractivity (Wildman–Crippen MR) is 101 cm³/mol. The number of fused-ring (bicyclic) bond motifs is 1. The summed E-state index contributed by atoms with van der Waals surface area (Å²) in [5, 5.41) is 5.11. The van der Waals surface area contributed by atoms with Crippen molar-refractivity contribution in [2.24, 2.45) is 5.92 Å². The van der Waals surface area contributed by atoms with Crippen molar-refractivity contribution in [2.45, 2.75) is 38.3 Å². The number of anilines is 1. The molecule has 1 aliphatic heterocycles. The highest BCUT2D eigenvalue weighted by Gasteiger charge is 2.47. The molecule has 0 radical (unpaired) electrons. The minimum absolute atomic E-state index is 0.155. The minimum Gasteiger partial charge on any atom is -0.361 e. The lowest BCUT2D eigenvalue weighted by Gasteiger charge is -2.51. The van der Waals surface area contributed by atoms with Gasteiger partial charge in [-0.3, -0.25) is 15.0 Å². The summed E-state index contributed by atoms with van der Waals surface area (Å²) < 4.78 is 0. The molecule has 2 amide bonds. The maximum Gasteiger partial charge on any atom is 0.276 e. The molecule has 0 aromatic heterocycles. The predicted octanol–water partition coefficient (Wildman–Crippen LogP) is 3.81. The van der Waals surface area contributed by atoms with E-state index in [4.69, 9.17) is 0 Å². The molecular weight excluding hydrogens is 326 g/mol. The van der Waals surface area contributed by atoms with Crippen LogP contribution in [0.15, 0.2) is 54.6 Å². The molecule has 2 aromatic rings. The van der Waals surface area contributed by atoms with Crippen molar-refractivity contribution in [3.8, 4) is 0 Å². The van der Waals surface area contributed by atoms with Crippen LogP contribution in [0.1, 0.15) is 53.3 Å². The third kappa shape index (κ3) is 2.83. The molecule has 4 rings (SSSR count). The topological polar surface area (TPSA) is 61.4 Å². The van der Waals surface area contributed by atoms with Gasteiger partial charge in [0.25, 0.3) is 11.8 Å². The van der Waals surface area contributed by atoms with Crippen molar-refractivity contribution >= 4 is 17.5 Å². The number of nitrogens with zero attached hydrogens (tertiary/aromatic N) is 1. The molecule has 2 aromatic carbocycles. The lowest BCUT2D eigenvalue weighted by atomic mass is 9.80. The first-order valence-electron chi connectivity index (χ1n) is 9.17. The molecule has 2 unspecified atom stereocenters. The van der Waals surface area contributed by atoms with E-state index in [1.165, 1.54) is 0 Å². The summed E-state index contributed by atoms with van der Waals surface area (Å²) in [4.78, 5) is 26.0. The van der Waals surface area contributed by atoms with Crippen molar-refractivity contribution in [2.75, 3.05) is 5.32 Å². The maximum absolute atomic E-state index is 13.2. The van der Waals surface area contributed by atoms with Gasteiger partial charge in [-0.1, -0.05) is 43.7 Å². The first-order chi connectivity index (χ1) is 12.6. The van der Waals surface area contributed by atoms with Crippen LogP contribution < -0.4 is 10.7 Å². The largest absolute Gasteiger partial charge is 0.361 e. The lowest BCUT2D eigenvalue weighted by Crippen LogP contribution is -2.67. The summed E-state index contributed by atoms with van der Waals surface area (Å²) in [5.74, 6) is 0.0564. The van der Waals surface area contributed by atoms with Crippen LogP contribution in [0.25, 0.3) is 0 Å². The fourth-order valence-electron chi connectivity index (χ4n) is 4.15. The Hall–Kier alpha value is -2.82. The van der Waals surface area contributed by atoms with Gasteiger partial charge < -0.3 is 5.32 Å². The van der Waals surface area contributed by atoms with Gasteiger partial charge in [0.05, 0.1) is 5.56 Å². The Morgan fingerprint density at radius 2 is 1.88 bits per heavy atom. The summed E-state index contributed by atoms with van der Waals surface area (Å²) in [6.07, 6.45) is 3.77. The van der Waals surface area contributed by atoms with E-state index >= 15 is 0 Å². The SMILES string of the molecule is CC1CCCC2(C1)Nc1ccccc1C(=O)N2NC(=O)c1ccccc1. The molecule has 1 heterocycles. The van der Waals surface area contributed by atoms with Crippen molar-refractivity contribution in [1.82, 2.24) is 10.4 Å². The number of carbonyl (C=O) groups excluding carboxylic acids is 2. The summed E-state index contributed by atoms with van der Waals surface area (Å²) in [6, 6.07) is 16.5. The molecule has 1 spiro atoms. The third-order valence-corrected chi connectivity index (χ3v) is 5.38. The summed E-state index contributed by atoms with van der Waals surface area (Å²) >= 11 is 0. The Morgan fingerprint density at radius 1 is 1.15 bits per heavy atom. The smallest absolute Gasteiger partial charge is 0.276 e. The summed E-state index contributed by atoms with van der Waals surface area (Å²) in [5.41, 5.74) is 4.29. The van der Waals surface area contributed by atoms with Gasteiger partial charge in [0.15, 0.2) is 0 Å². The standard InChI is InChI=1S/C21H23N3O2/c1-15-8-7-13-21(14-15)22-18-12-6-5-11-17(18)20(26)24(21)23-19(25)16-9-3-2-4-10-16/h2-6,9-12,15,22H,7-8,13-14H2,1H3,(H,23,25). The zero-order valence-electron chi connectivity index (χ0n) is 14.9. The van der Waals surface area contributed by atoms with Gasteiger partial charge in [-0.15, -0.1) is 0 Å². The molecule has 0 bridgehead atoms. The van der Waals surface area contributed by atoms with E-state index in [9.17, 15) is 9.59 Å². The minimum atomic E-state index is -0.576. The van der Waals surface area contributed by atoms with Crippen LogP contribution in [-0.2, 0) is 0 Å². The molecule has 26 heavy (non-hydrogen) atoms. The zero-order chi connectivity index (χ0) is 18.1. The number of amides is 2. The van der Waals surface area contributed by atoms with Gasteiger partial charge in [-0.2, -0.15) is 0 Å². The molecule has 1 saturated carbocycles. The highest BCUT2D eigenvalue weighted by Crippen LogP contribution is 2.41. The second-order valence-electron chi connectivity index (χ2n) is 7.35. The van der Waals surface area contributed by atoms with E-state index in [0.717, 1.165) is 31.4 Å². The van der Waals surface area contributed by atoms with Gasteiger partial charge in [0.1, 0.15) is 5.66 Å². The lowest BCUT2D eigenvalue weighted by molar-refractivity contribution is 0.00918. The van der Waals surface area contributed by atoms with E-state index < -0.39 is 5.66 Å². The Morgan fingerprint density at radius 3 is 2.65 bits per heavy atom. The first kappa shape index (κ1) is 16.6. The van der Waals surface area contributed by atoms with E-state index in [0.29, 0.717) is 17.0 Å². The number of benzene rings is 2. The first-order valence-corrected chi connectivity index (χ1v) is 9.17. The van der Waals surface area contributed by atoms with Crippen LogP contribution in [0.4, 0.5) is 5.69 Å². The normalized spacial score (nSPS) is 24.7. The molecule has 1 fully saturated rings. The van der Waals surface area contributed by atoms with Gasteiger partial charge >= 0.3 is 0 Å². The summed E-state index contributed by atoms with van der Waals surface area (Å²) in [7, 11) is 0. The van der Waals surface area contributed by atoms with Crippen molar-refractivity contribution in [3.63, 3.8) is 0 Å². The van der Waals surface area contributed by atoms with Gasteiger partial charge in [0, 0.05) is 11.3 Å². The Bertz CT molecular complexity index is 836. The summed E-state index contributed by atoms with van der Waals surface area (Å²) in [6.45, 7) is 2.20. The van der Waals surface area contributed by atoms with E-state index in [1.807, 2.05) is 36.4 Å². The van der Waals surface area contributed by atoms with Gasteiger partial charge in [-0.25, -0.2) is 5.01 Å². The zero-order valence-corrected chi connectivity index (χ0v) is 14.9. The second kappa shape index (κ2) is 6.48. The van der Waals surface area contributed by atoms with Crippen LogP contribution in [0.3, 0.4) is 0 Å². The highest BCUT2D eigenvalue weighted by molar-refractivity contribution is 6.04. The molecule has 2 aliphatic rings. The number of hydrazine groups is 1. The molecule has 0 saturated heterocycles. The van der Waals surface area contributed by atoms with Crippen LogP contribution in [-0.4, -0.2) is 22.5 Å². The average Bonchev–Trinajstić information content (AvgIpc) is 2.66. The highest BCUT2D eigenvalue weighted by atomic mass is 16.2. The van der Waals surface area contributed by atoms with E-state index in [2.05, 4.69) is 17.7 Å². The maximum atomic E-state index is 13.2.